The Morgan fingerprint density at radius 2 is 1.95 bits per heavy atom. The third-order valence-corrected chi connectivity index (χ3v) is 10.9. The van der Waals surface area contributed by atoms with Crippen LogP contribution in [0.5, 0.6) is 0 Å². The van der Waals surface area contributed by atoms with Crippen molar-refractivity contribution in [1.82, 2.24) is 9.88 Å². The molecule has 3 heterocycles. The Kier molecular flexibility index (Phi) is 4.78. The van der Waals surface area contributed by atoms with Crippen LogP contribution < -0.4 is 0 Å². The summed E-state index contributed by atoms with van der Waals surface area (Å²) >= 11 is 0. The van der Waals surface area contributed by atoms with Crippen LogP contribution in [0.25, 0.3) is 16.3 Å². The molecule has 3 fully saturated rings. The summed E-state index contributed by atoms with van der Waals surface area (Å²) in [5.74, 6) is 0.173. The molecule has 0 amide bonds. The lowest BCUT2D eigenvalue weighted by molar-refractivity contribution is -0.223. The Hall–Kier alpha value is -2.56. The summed E-state index contributed by atoms with van der Waals surface area (Å²) in [6.07, 6.45) is 10.9. The lowest BCUT2D eigenvalue weighted by atomic mass is 9.49. The van der Waals surface area contributed by atoms with Crippen LogP contribution in [0.2, 0.25) is 0 Å². The van der Waals surface area contributed by atoms with Crippen molar-refractivity contribution in [2.45, 2.75) is 74.9 Å². The minimum Gasteiger partial charge on any atom is -0.388 e. The van der Waals surface area contributed by atoms with Crippen molar-refractivity contribution >= 4 is 16.3 Å². The number of hydrogen-bond donors (Lipinski definition) is 2. The molecule has 2 spiro atoms. The summed E-state index contributed by atoms with van der Waals surface area (Å²) in [5.41, 5.74) is 1.20. The third-order valence-electron chi connectivity index (χ3n) is 10.9. The zero-order valence-corrected chi connectivity index (χ0v) is 21.8. The van der Waals surface area contributed by atoms with Gasteiger partial charge in [0, 0.05) is 29.7 Å². The fourth-order valence-corrected chi connectivity index (χ4v) is 8.94. The van der Waals surface area contributed by atoms with Crippen LogP contribution >= 0.6 is 0 Å². The van der Waals surface area contributed by atoms with Gasteiger partial charge >= 0.3 is 0 Å². The van der Waals surface area contributed by atoms with Gasteiger partial charge in [-0.2, -0.15) is 5.26 Å². The van der Waals surface area contributed by atoms with Crippen molar-refractivity contribution in [2.24, 2.45) is 16.7 Å². The molecule has 5 aliphatic rings. The molecule has 0 radical (unpaired) electrons. The van der Waals surface area contributed by atoms with Crippen LogP contribution in [0.15, 0.2) is 54.4 Å². The van der Waals surface area contributed by atoms with E-state index in [4.69, 9.17) is 4.74 Å². The van der Waals surface area contributed by atoms with Gasteiger partial charge in [0.1, 0.15) is 11.5 Å². The van der Waals surface area contributed by atoms with E-state index in [0.29, 0.717) is 12.8 Å². The van der Waals surface area contributed by atoms with Gasteiger partial charge in [-0.05, 0) is 92.3 Å². The quantitative estimate of drug-likeness (QED) is 0.604. The Morgan fingerprint density at radius 1 is 1.11 bits per heavy atom. The number of pyridine rings is 1. The lowest BCUT2D eigenvalue weighted by Crippen LogP contribution is -2.66. The molecule has 192 valence electrons. The average molecular weight is 498 g/mol. The largest absolute Gasteiger partial charge is 0.388 e. The minimum absolute atomic E-state index is 0.110. The molecule has 7 rings (SSSR count). The second-order valence-corrected chi connectivity index (χ2v) is 12.6. The van der Waals surface area contributed by atoms with Crippen LogP contribution in [0, 0.1) is 28.1 Å². The van der Waals surface area contributed by atoms with Crippen LogP contribution in [-0.4, -0.2) is 63.6 Å². The zero-order valence-electron chi connectivity index (χ0n) is 21.8. The van der Waals surface area contributed by atoms with E-state index in [-0.39, 0.29) is 17.4 Å². The van der Waals surface area contributed by atoms with Gasteiger partial charge in [-0.25, -0.2) is 0 Å². The van der Waals surface area contributed by atoms with Crippen LogP contribution in [0.3, 0.4) is 0 Å². The van der Waals surface area contributed by atoms with Gasteiger partial charge in [0.2, 0.25) is 0 Å². The average Bonchev–Trinajstić information content (AvgIpc) is 3.42. The Morgan fingerprint density at radius 3 is 2.73 bits per heavy atom. The van der Waals surface area contributed by atoms with E-state index < -0.39 is 28.8 Å². The molecule has 2 bridgehead atoms. The second kappa shape index (κ2) is 7.51. The number of aliphatic hydroxyl groups excluding tert-OH is 2. The summed E-state index contributed by atoms with van der Waals surface area (Å²) in [7, 11) is 3.89. The summed E-state index contributed by atoms with van der Waals surface area (Å²) in [6.45, 7) is 2.37. The molecule has 2 aromatic rings. The van der Waals surface area contributed by atoms with Gasteiger partial charge in [-0.1, -0.05) is 31.2 Å². The number of hydrogen-bond acceptors (Lipinski definition) is 6. The van der Waals surface area contributed by atoms with Gasteiger partial charge in [-0.15, -0.1) is 0 Å². The van der Waals surface area contributed by atoms with E-state index in [0.717, 1.165) is 36.6 Å². The molecule has 2 N–H and O–H groups in total. The lowest BCUT2D eigenvalue weighted by Gasteiger charge is -2.61. The maximum Gasteiger partial charge on any atom is 0.105 e. The molecular weight excluding hydrogens is 462 g/mol. The van der Waals surface area contributed by atoms with Crippen LogP contribution in [0.1, 0.15) is 51.0 Å². The molecule has 1 saturated heterocycles. The fraction of sp³-hybridized carbons (Fsp3) is 0.548. The first-order valence-electron chi connectivity index (χ1n) is 13.6. The van der Waals surface area contributed by atoms with E-state index >= 15 is 0 Å². The summed E-state index contributed by atoms with van der Waals surface area (Å²) in [4.78, 5) is 6.32. The fourth-order valence-electron chi connectivity index (χ4n) is 8.94. The molecule has 3 aliphatic carbocycles. The predicted octanol–water partition coefficient (Wildman–Crippen LogP) is 4.23. The summed E-state index contributed by atoms with van der Waals surface area (Å²) < 4.78 is 7.28. The molecule has 8 atom stereocenters. The van der Waals surface area contributed by atoms with E-state index in [1.54, 1.807) is 0 Å². The van der Waals surface area contributed by atoms with Gasteiger partial charge in [-0.3, -0.25) is 4.98 Å². The third kappa shape index (κ3) is 2.81. The Bertz CT molecular complexity index is 1410. The van der Waals surface area contributed by atoms with Gasteiger partial charge in [0.05, 0.1) is 23.4 Å². The SMILES string of the molecule is CN(C)[C@H]1C[C@@]23CC[C@]4(O2)C2CC=C(c5ccc6ccncc6c5)[C@@]2(C)CCC4(C#N)C=C3[C@@H](O)[C@@H]1O. The normalized spacial score (nSPS) is 44.0. The highest BCUT2D eigenvalue weighted by molar-refractivity contribution is 5.87. The van der Waals surface area contributed by atoms with Crippen molar-refractivity contribution in [3.63, 3.8) is 0 Å². The molecule has 1 aromatic heterocycles. The number of likely N-dealkylation sites (N-methyl/N-ethyl adjacent to an activating group) is 1. The van der Waals surface area contributed by atoms with Crippen molar-refractivity contribution in [1.29, 1.82) is 5.26 Å². The van der Waals surface area contributed by atoms with Crippen molar-refractivity contribution in [3.8, 4) is 6.07 Å². The maximum absolute atomic E-state index is 11.3. The Balaban J connectivity index is 1.32. The van der Waals surface area contributed by atoms with Gasteiger partial charge < -0.3 is 19.8 Å². The standard InChI is InChI=1S/C31H35N3O3/c1-28-9-10-29(18-32)15-23-26(35)27(36)24(34(2)3)16-30(23)11-12-31(29,37-30)25(28)7-6-22(28)20-5-4-19-8-13-33-17-21(19)14-20/h4-6,8,13-15,17,24-27,35-36H,7,9-12,16H2,1-3H3/t24-,25?,26+,27+,28+,29?,30+,31-/m0/s1. The second-order valence-electron chi connectivity index (χ2n) is 12.6. The van der Waals surface area contributed by atoms with E-state index in [1.165, 1.54) is 16.5 Å². The minimum atomic E-state index is -1.01. The number of benzene rings is 1. The van der Waals surface area contributed by atoms with Crippen LogP contribution in [-0.2, 0) is 4.74 Å². The molecule has 1 aromatic carbocycles. The number of aliphatic hydroxyl groups is 2. The van der Waals surface area contributed by atoms with E-state index in [1.807, 2.05) is 37.5 Å². The van der Waals surface area contributed by atoms with Gasteiger partial charge in [0.25, 0.3) is 0 Å². The highest BCUT2D eigenvalue weighted by Gasteiger charge is 2.74. The molecule has 2 aliphatic heterocycles. The van der Waals surface area contributed by atoms with Crippen molar-refractivity contribution in [3.05, 3.63) is 59.9 Å². The number of rotatable bonds is 2. The predicted molar refractivity (Wildman–Crippen MR) is 141 cm³/mol. The number of nitrogens with zero attached hydrogens (tertiary/aromatic N) is 3. The topological polar surface area (TPSA) is 89.6 Å². The number of aromatic nitrogens is 1. The highest BCUT2D eigenvalue weighted by Crippen LogP contribution is 2.72. The van der Waals surface area contributed by atoms with E-state index in [2.05, 4.69) is 48.3 Å². The first-order chi connectivity index (χ1) is 17.7. The smallest absolute Gasteiger partial charge is 0.105 e. The molecule has 37 heavy (non-hydrogen) atoms. The molecule has 2 saturated carbocycles. The first-order valence-corrected chi connectivity index (χ1v) is 13.6. The number of ether oxygens (including phenoxy) is 1. The number of allylic oxidation sites excluding steroid dienone is 2. The van der Waals surface area contributed by atoms with E-state index in [9.17, 15) is 15.5 Å². The monoisotopic (exact) mass is 497 g/mol. The summed E-state index contributed by atoms with van der Waals surface area (Å²) in [5, 5.41) is 35.3. The summed E-state index contributed by atoms with van der Waals surface area (Å²) in [6, 6.07) is 11.2. The van der Waals surface area contributed by atoms with Crippen molar-refractivity contribution < 1.29 is 14.9 Å². The maximum atomic E-state index is 11.3. The number of fused-ring (bicyclic) bond motifs is 2. The Labute approximate surface area is 218 Å². The zero-order chi connectivity index (χ0) is 25.8. The van der Waals surface area contributed by atoms with Gasteiger partial charge in [0.15, 0.2) is 0 Å². The molecular formula is C31H35N3O3. The highest BCUT2D eigenvalue weighted by atomic mass is 16.5. The molecule has 6 heteroatoms. The number of nitriles is 1. The molecule has 2 unspecified atom stereocenters. The molecule has 6 nitrogen and oxygen atoms in total. The van der Waals surface area contributed by atoms with Crippen molar-refractivity contribution in [2.75, 3.05) is 14.1 Å². The first kappa shape index (κ1) is 23.5. The van der Waals surface area contributed by atoms with Crippen LogP contribution in [0.4, 0.5) is 0 Å².